The molecule has 1 N–H and O–H groups in total. The van der Waals surface area contributed by atoms with E-state index in [2.05, 4.69) is 15.5 Å². The number of hydrogen-bond donors (Lipinski definition) is 1. The van der Waals surface area contributed by atoms with Crippen LogP contribution < -0.4 is 5.32 Å². The van der Waals surface area contributed by atoms with Gasteiger partial charge in [-0.3, -0.25) is 4.79 Å². The van der Waals surface area contributed by atoms with E-state index >= 15 is 0 Å². The molecule has 0 fully saturated rings. The highest BCUT2D eigenvalue weighted by atomic mass is 35.5. The average molecular weight is 279 g/mol. The predicted octanol–water partition coefficient (Wildman–Crippen LogP) is 0.499. The van der Waals surface area contributed by atoms with Crippen molar-refractivity contribution in [2.75, 3.05) is 40.4 Å². The van der Waals surface area contributed by atoms with Crippen LogP contribution in [0, 0.1) is 0 Å². The van der Waals surface area contributed by atoms with E-state index in [0.29, 0.717) is 19.8 Å². The number of nitrogens with one attached hydrogen (secondary N) is 1. The topological polar surface area (TPSA) is 67.3 Å². The molecule has 17 heavy (non-hydrogen) atoms. The van der Waals surface area contributed by atoms with Crippen molar-refractivity contribution in [1.29, 1.82) is 0 Å². The van der Waals surface area contributed by atoms with Crippen molar-refractivity contribution in [2.24, 2.45) is 0 Å². The maximum absolute atomic E-state index is 11.5. The van der Waals surface area contributed by atoms with Crippen molar-refractivity contribution in [2.45, 2.75) is 0 Å². The largest absolute Gasteiger partial charge is 0.378 e. The van der Waals surface area contributed by atoms with Crippen LogP contribution in [-0.4, -0.2) is 61.4 Å². The van der Waals surface area contributed by atoms with Crippen LogP contribution in [0.2, 0.25) is 4.47 Å². The van der Waals surface area contributed by atoms with Gasteiger partial charge in [-0.1, -0.05) is 11.3 Å². The Balaban J connectivity index is 2.09. The molecule has 0 aliphatic heterocycles. The zero-order valence-electron chi connectivity index (χ0n) is 9.77. The molecule has 0 aliphatic carbocycles. The third kappa shape index (κ3) is 5.92. The van der Waals surface area contributed by atoms with E-state index in [1.54, 1.807) is 0 Å². The molecule has 0 aliphatic rings. The highest BCUT2D eigenvalue weighted by molar-refractivity contribution is 7.17. The van der Waals surface area contributed by atoms with Crippen molar-refractivity contribution in [3.8, 4) is 0 Å². The van der Waals surface area contributed by atoms with E-state index in [-0.39, 0.29) is 15.4 Å². The third-order valence-electron chi connectivity index (χ3n) is 1.81. The van der Waals surface area contributed by atoms with E-state index in [0.717, 1.165) is 17.9 Å². The fourth-order valence-corrected chi connectivity index (χ4v) is 1.70. The van der Waals surface area contributed by atoms with Gasteiger partial charge in [-0.15, -0.1) is 10.2 Å². The molecule has 1 heterocycles. The van der Waals surface area contributed by atoms with Crippen molar-refractivity contribution in [3.05, 3.63) is 9.47 Å². The van der Waals surface area contributed by atoms with Crippen LogP contribution >= 0.6 is 22.9 Å². The summed E-state index contributed by atoms with van der Waals surface area (Å²) in [6.07, 6.45) is 0. The van der Waals surface area contributed by atoms with Crippen molar-refractivity contribution in [1.82, 2.24) is 20.4 Å². The molecule has 0 radical (unpaired) electrons. The van der Waals surface area contributed by atoms with Crippen LogP contribution in [0.25, 0.3) is 0 Å². The van der Waals surface area contributed by atoms with Crippen molar-refractivity contribution >= 4 is 28.8 Å². The molecule has 0 atom stereocenters. The van der Waals surface area contributed by atoms with Crippen molar-refractivity contribution < 1.29 is 9.53 Å². The van der Waals surface area contributed by atoms with Crippen LogP contribution in [0.3, 0.4) is 0 Å². The fourth-order valence-electron chi connectivity index (χ4n) is 0.959. The van der Waals surface area contributed by atoms with Crippen LogP contribution in [0.15, 0.2) is 0 Å². The Bertz CT molecular complexity index is 359. The van der Waals surface area contributed by atoms with Gasteiger partial charge in [-0.25, -0.2) is 0 Å². The van der Waals surface area contributed by atoms with Gasteiger partial charge in [0.15, 0.2) is 0 Å². The monoisotopic (exact) mass is 278 g/mol. The van der Waals surface area contributed by atoms with E-state index in [9.17, 15) is 4.79 Å². The summed E-state index contributed by atoms with van der Waals surface area (Å²) < 4.78 is 5.58. The number of aromatic nitrogens is 2. The molecule has 1 aromatic rings. The number of rotatable bonds is 7. The molecule has 0 saturated carbocycles. The second kappa shape index (κ2) is 7.54. The molecule has 1 aromatic heterocycles. The normalized spacial score (nSPS) is 10.8. The molecule has 0 unspecified atom stereocenters. The minimum Gasteiger partial charge on any atom is -0.378 e. The molecule has 6 nitrogen and oxygen atoms in total. The lowest BCUT2D eigenvalue weighted by molar-refractivity contribution is 0.0899. The lowest BCUT2D eigenvalue weighted by Crippen LogP contribution is -2.28. The standard InChI is InChI=1S/C9H15ClN4O2S/c1-14(2)4-6-16-5-3-11-7(15)8-12-13-9(10)17-8/h3-6H2,1-2H3,(H,11,15). The molecule has 0 aromatic carbocycles. The number of carbonyl (C=O) groups is 1. The Labute approximate surface area is 109 Å². The smallest absolute Gasteiger partial charge is 0.282 e. The minimum atomic E-state index is -0.273. The Morgan fingerprint density at radius 3 is 2.82 bits per heavy atom. The van der Waals surface area contributed by atoms with Gasteiger partial charge in [-0.2, -0.15) is 0 Å². The summed E-state index contributed by atoms with van der Waals surface area (Å²) in [6, 6.07) is 0. The molecule has 8 heteroatoms. The van der Waals surface area contributed by atoms with Gasteiger partial charge in [0.25, 0.3) is 5.91 Å². The molecule has 0 spiro atoms. The number of hydrogen-bond acceptors (Lipinski definition) is 6. The maximum atomic E-state index is 11.5. The minimum absolute atomic E-state index is 0.261. The lowest BCUT2D eigenvalue weighted by atomic mass is 10.5. The zero-order chi connectivity index (χ0) is 12.7. The highest BCUT2D eigenvalue weighted by Crippen LogP contribution is 2.14. The van der Waals surface area contributed by atoms with Crippen LogP contribution in [0.1, 0.15) is 9.80 Å². The summed E-state index contributed by atoms with van der Waals surface area (Å²) in [5.74, 6) is -0.273. The van der Waals surface area contributed by atoms with Gasteiger partial charge in [0, 0.05) is 13.1 Å². The number of likely N-dealkylation sites (N-methyl/N-ethyl adjacent to an activating group) is 1. The lowest BCUT2D eigenvalue weighted by Gasteiger charge is -2.09. The summed E-state index contributed by atoms with van der Waals surface area (Å²) in [6.45, 7) is 2.43. The van der Waals surface area contributed by atoms with Gasteiger partial charge >= 0.3 is 0 Å². The number of carbonyl (C=O) groups excluding carboxylic acids is 1. The van der Waals surface area contributed by atoms with E-state index in [4.69, 9.17) is 16.3 Å². The summed E-state index contributed by atoms with van der Waals surface area (Å²) in [4.78, 5) is 13.5. The first-order valence-electron chi connectivity index (χ1n) is 5.09. The highest BCUT2D eigenvalue weighted by Gasteiger charge is 2.10. The SMILES string of the molecule is CN(C)CCOCCNC(=O)c1nnc(Cl)s1. The Morgan fingerprint density at radius 1 is 1.47 bits per heavy atom. The van der Waals surface area contributed by atoms with Gasteiger partial charge in [0.1, 0.15) is 0 Å². The molecular formula is C9H15ClN4O2S. The van der Waals surface area contributed by atoms with Crippen LogP contribution in [-0.2, 0) is 4.74 Å². The van der Waals surface area contributed by atoms with Crippen molar-refractivity contribution in [3.63, 3.8) is 0 Å². The number of amides is 1. The quantitative estimate of drug-likeness (QED) is 0.736. The van der Waals surface area contributed by atoms with Gasteiger partial charge in [0.05, 0.1) is 13.2 Å². The molecule has 0 bridgehead atoms. The molecule has 1 rings (SSSR count). The van der Waals surface area contributed by atoms with E-state index in [1.165, 1.54) is 0 Å². The summed E-state index contributed by atoms with van der Waals surface area (Å²) in [5, 5.41) is 10.1. The number of nitrogens with zero attached hydrogens (tertiary/aromatic N) is 3. The summed E-state index contributed by atoms with van der Waals surface area (Å²) in [7, 11) is 3.95. The first-order chi connectivity index (χ1) is 8.09. The Kier molecular flexibility index (Phi) is 6.35. The first kappa shape index (κ1) is 14.3. The summed E-state index contributed by atoms with van der Waals surface area (Å²) >= 11 is 6.62. The summed E-state index contributed by atoms with van der Waals surface area (Å²) in [5.41, 5.74) is 0. The third-order valence-corrected chi connectivity index (χ3v) is 2.83. The molecular weight excluding hydrogens is 264 g/mol. The van der Waals surface area contributed by atoms with Gasteiger partial charge in [0.2, 0.25) is 9.47 Å². The fraction of sp³-hybridized carbons (Fsp3) is 0.667. The molecule has 0 saturated heterocycles. The van der Waals surface area contributed by atoms with Crippen LogP contribution in [0.4, 0.5) is 0 Å². The van der Waals surface area contributed by atoms with Gasteiger partial charge in [-0.05, 0) is 25.7 Å². The molecule has 96 valence electrons. The second-order valence-electron chi connectivity index (χ2n) is 3.53. The van der Waals surface area contributed by atoms with E-state index in [1.807, 2.05) is 19.0 Å². The number of ether oxygens (including phenoxy) is 1. The average Bonchev–Trinajstić information content (AvgIpc) is 2.69. The second-order valence-corrected chi connectivity index (χ2v) is 5.09. The molecule has 1 amide bonds. The zero-order valence-corrected chi connectivity index (χ0v) is 11.3. The predicted molar refractivity (Wildman–Crippen MR) is 66.6 cm³/mol. The Morgan fingerprint density at radius 2 is 2.24 bits per heavy atom. The maximum Gasteiger partial charge on any atom is 0.282 e. The van der Waals surface area contributed by atoms with Gasteiger partial charge < -0.3 is 15.0 Å². The van der Waals surface area contributed by atoms with Crippen LogP contribution in [0.5, 0.6) is 0 Å². The first-order valence-corrected chi connectivity index (χ1v) is 6.28. The Hall–Kier alpha value is -0.760. The van der Waals surface area contributed by atoms with E-state index < -0.39 is 0 Å². The number of halogens is 1.